The van der Waals surface area contributed by atoms with E-state index in [1.807, 2.05) is 4.90 Å². The molecule has 1 heterocycles. The Morgan fingerprint density at radius 2 is 1.75 bits per heavy atom. The van der Waals surface area contributed by atoms with E-state index >= 15 is 0 Å². The van der Waals surface area contributed by atoms with Crippen LogP contribution in [0.3, 0.4) is 0 Å². The monoisotopic (exact) mass is 312 g/mol. The number of hydrogen-bond acceptors (Lipinski definition) is 2. The summed E-state index contributed by atoms with van der Waals surface area (Å²) in [5.74, 6) is -1.59. The summed E-state index contributed by atoms with van der Waals surface area (Å²) in [4.78, 5) is 1.85. The number of anilines is 1. The van der Waals surface area contributed by atoms with Crippen molar-refractivity contribution in [3.8, 4) is 0 Å². The zero-order valence-electron chi connectivity index (χ0n) is 8.47. The standard InChI is InChI=1S/C10H11BrF2N2.ClH/c11-7-1-2-8(10(13)9(7)12)15-5-3-14-4-6-15;/h1-2,14H,3-6H2;1H. The lowest BCUT2D eigenvalue weighted by atomic mass is 10.2. The Hall–Kier alpha value is -0.390. The van der Waals surface area contributed by atoms with Gasteiger partial charge in [-0.05, 0) is 28.1 Å². The van der Waals surface area contributed by atoms with Crippen molar-refractivity contribution >= 4 is 34.0 Å². The minimum absolute atomic E-state index is 0. The fraction of sp³-hybridized carbons (Fsp3) is 0.400. The summed E-state index contributed by atoms with van der Waals surface area (Å²) in [6.45, 7) is 3.02. The molecule has 0 aliphatic carbocycles. The van der Waals surface area contributed by atoms with Crippen molar-refractivity contribution in [2.24, 2.45) is 0 Å². The summed E-state index contributed by atoms with van der Waals surface area (Å²) in [7, 11) is 0. The molecule has 1 fully saturated rings. The molecule has 1 aliphatic rings. The number of piperazine rings is 1. The number of rotatable bonds is 1. The number of benzene rings is 1. The van der Waals surface area contributed by atoms with Crippen LogP contribution in [0.5, 0.6) is 0 Å². The highest BCUT2D eigenvalue weighted by atomic mass is 79.9. The minimum atomic E-state index is -0.814. The van der Waals surface area contributed by atoms with Crippen molar-refractivity contribution in [3.05, 3.63) is 28.2 Å². The summed E-state index contributed by atoms with van der Waals surface area (Å²) in [5, 5.41) is 3.16. The van der Waals surface area contributed by atoms with Gasteiger partial charge in [-0.15, -0.1) is 12.4 Å². The number of nitrogens with one attached hydrogen (secondary N) is 1. The van der Waals surface area contributed by atoms with Crippen molar-refractivity contribution in [1.29, 1.82) is 0 Å². The third-order valence-electron chi connectivity index (χ3n) is 2.47. The van der Waals surface area contributed by atoms with Crippen molar-refractivity contribution in [1.82, 2.24) is 5.32 Å². The van der Waals surface area contributed by atoms with E-state index in [0.717, 1.165) is 13.1 Å². The lowest BCUT2D eigenvalue weighted by molar-refractivity contribution is 0.495. The maximum atomic E-state index is 13.6. The molecular weight excluding hydrogens is 301 g/mol. The highest BCUT2D eigenvalue weighted by molar-refractivity contribution is 9.10. The first kappa shape index (κ1) is 13.7. The molecule has 1 aromatic carbocycles. The van der Waals surface area contributed by atoms with Crippen LogP contribution in [-0.4, -0.2) is 26.2 Å². The van der Waals surface area contributed by atoms with E-state index in [1.165, 1.54) is 6.07 Å². The van der Waals surface area contributed by atoms with Crippen molar-refractivity contribution in [2.75, 3.05) is 31.1 Å². The first-order chi connectivity index (χ1) is 7.20. The second-order valence-corrected chi connectivity index (χ2v) is 4.29. The van der Waals surface area contributed by atoms with Gasteiger partial charge in [0.05, 0.1) is 10.2 Å². The van der Waals surface area contributed by atoms with Crippen molar-refractivity contribution < 1.29 is 8.78 Å². The molecule has 1 saturated heterocycles. The normalized spacial score (nSPS) is 15.8. The van der Waals surface area contributed by atoms with Gasteiger partial charge in [-0.25, -0.2) is 8.78 Å². The minimum Gasteiger partial charge on any atom is -0.367 e. The second-order valence-electron chi connectivity index (χ2n) is 3.43. The van der Waals surface area contributed by atoms with E-state index in [1.54, 1.807) is 6.07 Å². The Morgan fingerprint density at radius 3 is 2.38 bits per heavy atom. The molecule has 0 unspecified atom stereocenters. The first-order valence-electron chi connectivity index (χ1n) is 4.79. The Kier molecular flexibility index (Phi) is 4.95. The molecule has 0 atom stereocenters. The lowest BCUT2D eigenvalue weighted by Gasteiger charge is -2.29. The SMILES string of the molecule is Cl.Fc1c(Br)ccc(N2CCNCC2)c1F. The molecular formula is C10H12BrClF2N2. The van der Waals surface area contributed by atoms with Gasteiger partial charge < -0.3 is 10.2 Å². The molecule has 0 spiro atoms. The van der Waals surface area contributed by atoms with Crippen LogP contribution in [0.25, 0.3) is 0 Å². The molecule has 6 heteroatoms. The van der Waals surface area contributed by atoms with Crippen LogP contribution in [0.1, 0.15) is 0 Å². The van der Waals surface area contributed by atoms with Crippen LogP contribution in [0.15, 0.2) is 16.6 Å². The molecule has 2 rings (SSSR count). The van der Waals surface area contributed by atoms with Gasteiger partial charge in [0.1, 0.15) is 0 Å². The summed E-state index contributed by atoms with van der Waals surface area (Å²) in [6.07, 6.45) is 0. The van der Waals surface area contributed by atoms with Gasteiger partial charge in [0, 0.05) is 26.2 Å². The summed E-state index contributed by atoms with van der Waals surface area (Å²) >= 11 is 2.96. The molecule has 0 radical (unpaired) electrons. The predicted molar refractivity (Wildman–Crippen MR) is 66.4 cm³/mol. The molecule has 0 saturated carbocycles. The average molecular weight is 314 g/mol. The maximum absolute atomic E-state index is 13.6. The van der Waals surface area contributed by atoms with E-state index in [4.69, 9.17) is 0 Å². The quantitative estimate of drug-likeness (QED) is 0.802. The summed E-state index contributed by atoms with van der Waals surface area (Å²) in [6, 6.07) is 3.14. The van der Waals surface area contributed by atoms with E-state index in [2.05, 4.69) is 21.2 Å². The van der Waals surface area contributed by atoms with Crippen LogP contribution in [0, 0.1) is 11.6 Å². The molecule has 0 aromatic heterocycles. The Morgan fingerprint density at radius 1 is 1.12 bits per heavy atom. The zero-order valence-corrected chi connectivity index (χ0v) is 10.9. The Bertz CT molecular complexity index is 370. The van der Waals surface area contributed by atoms with Gasteiger partial charge in [-0.1, -0.05) is 0 Å². The van der Waals surface area contributed by atoms with E-state index in [9.17, 15) is 8.78 Å². The third-order valence-corrected chi connectivity index (χ3v) is 3.08. The predicted octanol–water partition coefficient (Wildman–Crippen LogP) is 2.56. The number of halogens is 4. The Balaban J connectivity index is 0.00000128. The lowest BCUT2D eigenvalue weighted by Crippen LogP contribution is -2.44. The van der Waals surface area contributed by atoms with Crippen LogP contribution in [-0.2, 0) is 0 Å². The number of hydrogen-bond donors (Lipinski definition) is 1. The van der Waals surface area contributed by atoms with Crippen LogP contribution < -0.4 is 10.2 Å². The van der Waals surface area contributed by atoms with Gasteiger partial charge in [-0.2, -0.15) is 0 Å². The fourth-order valence-corrected chi connectivity index (χ4v) is 1.97. The zero-order chi connectivity index (χ0) is 10.8. The van der Waals surface area contributed by atoms with Gasteiger partial charge >= 0.3 is 0 Å². The number of nitrogens with zero attached hydrogens (tertiary/aromatic N) is 1. The van der Waals surface area contributed by atoms with Crippen molar-refractivity contribution in [3.63, 3.8) is 0 Å². The first-order valence-corrected chi connectivity index (χ1v) is 5.58. The molecule has 90 valence electrons. The van der Waals surface area contributed by atoms with E-state index < -0.39 is 11.6 Å². The molecule has 1 aliphatic heterocycles. The maximum Gasteiger partial charge on any atom is 0.183 e. The molecule has 0 amide bonds. The highest BCUT2D eigenvalue weighted by Gasteiger charge is 2.18. The van der Waals surface area contributed by atoms with Crippen LogP contribution in [0.4, 0.5) is 14.5 Å². The molecule has 16 heavy (non-hydrogen) atoms. The topological polar surface area (TPSA) is 15.3 Å². The van der Waals surface area contributed by atoms with Gasteiger partial charge in [0.2, 0.25) is 0 Å². The van der Waals surface area contributed by atoms with Gasteiger partial charge in [-0.3, -0.25) is 0 Å². The summed E-state index contributed by atoms with van der Waals surface area (Å²) in [5.41, 5.74) is 0.345. The van der Waals surface area contributed by atoms with E-state index in [0.29, 0.717) is 18.8 Å². The average Bonchev–Trinajstić information content (AvgIpc) is 2.27. The fourth-order valence-electron chi connectivity index (χ4n) is 1.67. The molecule has 1 N–H and O–H groups in total. The molecule has 0 bridgehead atoms. The van der Waals surface area contributed by atoms with Crippen molar-refractivity contribution in [2.45, 2.75) is 0 Å². The smallest absolute Gasteiger partial charge is 0.183 e. The van der Waals surface area contributed by atoms with Gasteiger partial charge in [0.15, 0.2) is 11.6 Å². The van der Waals surface area contributed by atoms with Crippen LogP contribution >= 0.6 is 28.3 Å². The molecule has 2 nitrogen and oxygen atoms in total. The van der Waals surface area contributed by atoms with Crippen LogP contribution in [0.2, 0.25) is 0 Å². The largest absolute Gasteiger partial charge is 0.367 e. The second kappa shape index (κ2) is 5.80. The highest BCUT2D eigenvalue weighted by Crippen LogP contribution is 2.27. The Labute approximate surface area is 108 Å². The summed E-state index contributed by atoms with van der Waals surface area (Å²) < 4.78 is 27.0. The van der Waals surface area contributed by atoms with E-state index in [-0.39, 0.29) is 16.9 Å². The van der Waals surface area contributed by atoms with Gasteiger partial charge in [0.25, 0.3) is 0 Å². The third kappa shape index (κ3) is 2.64. The molecule has 1 aromatic rings.